The van der Waals surface area contributed by atoms with Crippen LogP contribution in [0, 0.1) is 0 Å². The molecule has 0 atom stereocenters. The van der Waals surface area contributed by atoms with E-state index in [1.807, 2.05) is 0 Å². The number of hydrogen-bond donors (Lipinski definition) is 0. The summed E-state index contributed by atoms with van der Waals surface area (Å²) in [4.78, 5) is 14.0. The molecule has 0 N–H and O–H groups in total. The molecule has 1 aromatic carbocycles. The average Bonchev–Trinajstić information content (AvgIpc) is 2.77. The maximum Gasteiger partial charge on any atom is 0.305 e. The number of hydrogen-bond acceptors (Lipinski definition) is 3. The van der Waals surface area contributed by atoms with Crippen LogP contribution in [0.3, 0.4) is 0 Å². The second-order valence-electron chi connectivity index (χ2n) is 8.48. The number of carbonyl (C=O) groups excluding carboxylic acids is 1. The van der Waals surface area contributed by atoms with E-state index >= 15 is 0 Å². The summed E-state index contributed by atoms with van der Waals surface area (Å²) in [6.07, 6.45) is 17.5. The number of carbonyl (C=O) groups is 1. The van der Waals surface area contributed by atoms with Crippen molar-refractivity contribution in [1.82, 2.24) is 4.90 Å². The summed E-state index contributed by atoms with van der Waals surface area (Å²) in [5.74, 6) is -0.0223. The Labute approximate surface area is 186 Å². The van der Waals surface area contributed by atoms with E-state index in [0.29, 0.717) is 13.0 Å². The molecule has 0 aliphatic carbocycles. The van der Waals surface area contributed by atoms with Crippen molar-refractivity contribution in [3.63, 3.8) is 0 Å². The number of nitrogens with zero attached hydrogens (tertiary/aromatic N) is 1. The number of esters is 1. The van der Waals surface area contributed by atoms with E-state index in [9.17, 15) is 4.79 Å². The third-order valence-corrected chi connectivity index (χ3v) is 6.00. The zero-order valence-electron chi connectivity index (χ0n) is 19.9. The molecule has 1 aromatic rings. The van der Waals surface area contributed by atoms with Gasteiger partial charge in [-0.15, -0.1) is 0 Å². The average molecular weight is 418 g/mol. The maximum atomic E-state index is 11.7. The lowest BCUT2D eigenvalue weighted by Gasteiger charge is -2.17. The summed E-state index contributed by atoms with van der Waals surface area (Å²) in [5.41, 5.74) is 1.48. The van der Waals surface area contributed by atoms with Crippen LogP contribution in [0.2, 0.25) is 0 Å². The molecule has 1 rings (SSSR count). The smallest absolute Gasteiger partial charge is 0.305 e. The van der Waals surface area contributed by atoms with E-state index in [4.69, 9.17) is 4.74 Å². The van der Waals surface area contributed by atoms with Gasteiger partial charge in [-0.2, -0.15) is 0 Å². The highest BCUT2D eigenvalue weighted by Crippen LogP contribution is 2.13. The van der Waals surface area contributed by atoms with Gasteiger partial charge >= 0.3 is 5.97 Å². The molecular formula is C27H47NO2. The van der Waals surface area contributed by atoms with E-state index in [1.165, 1.54) is 76.2 Å². The highest BCUT2D eigenvalue weighted by Gasteiger charge is 2.04. The van der Waals surface area contributed by atoms with Crippen LogP contribution in [-0.2, 0) is 16.0 Å². The Hall–Kier alpha value is -1.35. The molecule has 3 nitrogen and oxygen atoms in total. The van der Waals surface area contributed by atoms with Crippen LogP contribution >= 0.6 is 0 Å². The third kappa shape index (κ3) is 15.5. The summed E-state index contributed by atoms with van der Waals surface area (Å²) in [6.45, 7) is 7.70. The summed E-state index contributed by atoms with van der Waals surface area (Å²) in [6, 6.07) is 10.8. The van der Waals surface area contributed by atoms with Crippen molar-refractivity contribution in [3.8, 4) is 0 Å². The molecule has 0 saturated carbocycles. The van der Waals surface area contributed by atoms with E-state index in [1.54, 1.807) is 0 Å². The van der Waals surface area contributed by atoms with Crippen molar-refractivity contribution in [3.05, 3.63) is 35.9 Å². The zero-order valence-corrected chi connectivity index (χ0v) is 19.9. The fourth-order valence-electron chi connectivity index (χ4n) is 3.91. The van der Waals surface area contributed by atoms with Crippen LogP contribution in [0.5, 0.6) is 0 Å². The summed E-state index contributed by atoms with van der Waals surface area (Å²) in [5, 5.41) is 0. The second kappa shape index (κ2) is 19.6. The first-order chi connectivity index (χ1) is 14.8. The van der Waals surface area contributed by atoms with Gasteiger partial charge in [-0.3, -0.25) is 4.79 Å². The van der Waals surface area contributed by atoms with Crippen molar-refractivity contribution >= 4 is 5.97 Å². The van der Waals surface area contributed by atoms with E-state index in [-0.39, 0.29) is 5.97 Å². The minimum Gasteiger partial charge on any atom is -0.464 e. The lowest BCUT2D eigenvalue weighted by atomic mass is 10.0. The van der Waals surface area contributed by atoms with Crippen molar-refractivity contribution in [2.45, 2.75) is 104 Å². The number of ether oxygens (including phenoxy) is 1. The van der Waals surface area contributed by atoms with Crippen molar-refractivity contribution < 1.29 is 9.53 Å². The molecule has 0 heterocycles. The minimum atomic E-state index is -0.0223. The van der Waals surface area contributed by atoms with Gasteiger partial charge in [-0.1, -0.05) is 108 Å². The van der Waals surface area contributed by atoms with Gasteiger partial charge in [0, 0.05) is 13.0 Å². The quantitative estimate of drug-likeness (QED) is 0.166. The summed E-state index contributed by atoms with van der Waals surface area (Å²) in [7, 11) is 0. The normalized spacial score (nSPS) is 11.2. The molecule has 0 aliphatic heterocycles. The van der Waals surface area contributed by atoms with Crippen molar-refractivity contribution in [2.24, 2.45) is 0 Å². The number of rotatable bonds is 20. The second-order valence-corrected chi connectivity index (χ2v) is 8.48. The largest absolute Gasteiger partial charge is 0.464 e. The number of aryl methyl sites for hydroxylation is 1. The molecule has 3 heteroatoms. The van der Waals surface area contributed by atoms with E-state index in [0.717, 1.165) is 32.5 Å². The third-order valence-electron chi connectivity index (χ3n) is 6.00. The highest BCUT2D eigenvalue weighted by atomic mass is 16.5. The van der Waals surface area contributed by atoms with Gasteiger partial charge in [0.05, 0.1) is 0 Å². The van der Waals surface area contributed by atoms with E-state index in [2.05, 4.69) is 49.1 Å². The lowest BCUT2D eigenvalue weighted by Crippen LogP contribution is -2.27. The molecule has 0 fully saturated rings. The summed E-state index contributed by atoms with van der Waals surface area (Å²) >= 11 is 0. The van der Waals surface area contributed by atoms with Crippen molar-refractivity contribution in [1.29, 1.82) is 0 Å². The number of benzene rings is 1. The Kier molecular flexibility index (Phi) is 17.4. The van der Waals surface area contributed by atoms with Gasteiger partial charge < -0.3 is 9.64 Å². The van der Waals surface area contributed by atoms with Crippen LogP contribution in [0.1, 0.15) is 103 Å². The van der Waals surface area contributed by atoms with Gasteiger partial charge in [0.15, 0.2) is 0 Å². The summed E-state index contributed by atoms with van der Waals surface area (Å²) < 4.78 is 5.33. The van der Waals surface area contributed by atoms with Crippen LogP contribution in [0.4, 0.5) is 0 Å². The molecule has 30 heavy (non-hydrogen) atoms. The minimum absolute atomic E-state index is 0.0223. The van der Waals surface area contributed by atoms with Gasteiger partial charge in [0.1, 0.15) is 6.61 Å². The van der Waals surface area contributed by atoms with Gasteiger partial charge in [-0.25, -0.2) is 0 Å². The molecule has 0 aromatic heterocycles. The fraction of sp³-hybridized carbons (Fsp3) is 0.741. The first-order valence-electron chi connectivity index (χ1n) is 12.7. The molecule has 0 spiro atoms. The SMILES string of the molecule is CCN(CC)CCOC(=O)CCCCCCCCCCCCCCc1ccccc1. The Balaban J connectivity index is 1.76. The Morgan fingerprint density at radius 3 is 1.77 bits per heavy atom. The first kappa shape index (κ1) is 26.7. The Bertz CT molecular complexity index is 499. The van der Waals surface area contributed by atoms with Gasteiger partial charge in [-0.05, 0) is 37.9 Å². The van der Waals surface area contributed by atoms with Crippen LogP contribution < -0.4 is 0 Å². The Morgan fingerprint density at radius 1 is 0.733 bits per heavy atom. The first-order valence-corrected chi connectivity index (χ1v) is 12.7. The molecule has 0 saturated heterocycles. The van der Waals surface area contributed by atoms with Crippen LogP contribution in [-0.4, -0.2) is 37.1 Å². The maximum absolute atomic E-state index is 11.7. The monoisotopic (exact) mass is 417 g/mol. The predicted octanol–water partition coefficient (Wildman–Crippen LogP) is 7.19. The molecule has 0 amide bonds. The molecule has 0 bridgehead atoms. The predicted molar refractivity (Wildman–Crippen MR) is 129 cm³/mol. The highest BCUT2D eigenvalue weighted by molar-refractivity contribution is 5.69. The van der Waals surface area contributed by atoms with Gasteiger partial charge in [0.25, 0.3) is 0 Å². The molecule has 0 radical (unpaired) electrons. The molecular weight excluding hydrogens is 370 g/mol. The number of unbranched alkanes of at least 4 members (excludes halogenated alkanes) is 11. The molecule has 0 unspecified atom stereocenters. The van der Waals surface area contributed by atoms with Gasteiger partial charge in [0.2, 0.25) is 0 Å². The Morgan fingerprint density at radius 2 is 1.23 bits per heavy atom. The topological polar surface area (TPSA) is 29.5 Å². The van der Waals surface area contributed by atoms with E-state index < -0.39 is 0 Å². The zero-order chi connectivity index (χ0) is 21.7. The standard InChI is InChI=1S/C27H47NO2/c1-3-28(4-2)24-25-30-27(29)23-19-14-12-10-8-6-5-7-9-11-13-16-20-26-21-17-15-18-22-26/h15,17-18,21-22H,3-14,16,19-20,23-25H2,1-2H3. The number of likely N-dealkylation sites (N-methyl/N-ethyl adjacent to an activating group) is 1. The lowest BCUT2D eigenvalue weighted by molar-refractivity contribution is -0.144. The van der Waals surface area contributed by atoms with Crippen LogP contribution in [0.15, 0.2) is 30.3 Å². The molecule has 172 valence electrons. The van der Waals surface area contributed by atoms with Crippen molar-refractivity contribution in [2.75, 3.05) is 26.2 Å². The fourth-order valence-corrected chi connectivity index (χ4v) is 3.91. The van der Waals surface area contributed by atoms with Crippen LogP contribution in [0.25, 0.3) is 0 Å². The molecule has 0 aliphatic rings.